The molecule has 0 saturated carbocycles. The van der Waals surface area contributed by atoms with Gasteiger partial charge in [-0.3, -0.25) is 4.72 Å². The molecule has 0 aliphatic carbocycles. The van der Waals surface area contributed by atoms with Gasteiger partial charge in [0.15, 0.2) is 0 Å². The fraction of sp³-hybridized carbons (Fsp3) is 0. The molecule has 0 fully saturated rings. The van der Waals surface area contributed by atoms with Crippen molar-refractivity contribution in [2.24, 2.45) is 0 Å². The number of hydrogen-bond acceptors (Lipinski definition) is 4. The lowest BCUT2D eigenvalue weighted by atomic mass is 10.3. The number of halogens is 1. The van der Waals surface area contributed by atoms with E-state index in [9.17, 15) is 8.42 Å². The molecule has 0 unspecified atom stereocenters. The van der Waals surface area contributed by atoms with Crippen LogP contribution >= 0.6 is 27.3 Å². The van der Waals surface area contributed by atoms with Gasteiger partial charge in [0.2, 0.25) is 0 Å². The predicted octanol–water partition coefficient (Wildman–Crippen LogP) is 2.89. The molecule has 0 bridgehead atoms. The first kappa shape index (κ1) is 12.4. The lowest BCUT2D eigenvalue weighted by molar-refractivity contribution is 0.603. The minimum Gasteiger partial charge on any atom is -0.399 e. The highest BCUT2D eigenvalue weighted by Gasteiger charge is 2.16. The molecule has 0 saturated heterocycles. The molecule has 0 spiro atoms. The lowest BCUT2D eigenvalue weighted by Gasteiger charge is -2.06. The topological polar surface area (TPSA) is 72.2 Å². The van der Waals surface area contributed by atoms with Crippen LogP contribution in [0.4, 0.5) is 11.4 Å². The number of hydrogen-bond donors (Lipinski definition) is 2. The van der Waals surface area contributed by atoms with Crippen LogP contribution in [0, 0.1) is 0 Å². The fourth-order valence-corrected chi connectivity index (χ4v) is 4.31. The van der Waals surface area contributed by atoms with Crippen molar-refractivity contribution in [3.63, 3.8) is 0 Å². The Kier molecular flexibility index (Phi) is 3.41. The Morgan fingerprint density at radius 3 is 2.59 bits per heavy atom. The monoisotopic (exact) mass is 332 g/mol. The highest BCUT2D eigenvalue weighted by atomic mass is 79.9. The molecule has 0 atom stereocenters. The van der Waals surface area contributed by atoms with E-state index in [2.05, 4.69) is 20.7 Å². The number of nitrogens with one attached hydrogen (secondary N) is 1. The van der Waals surface area contributed by atoms with Crippen LogP contribution in [0.1, 0.15) is 0 Å². The van der Waals surface area contributed by atoms with E-state index in [1.807, 2.05) is 0 Å². The molecule has 2 rings (SSSR count). The summed E-state index contributed by atoms with van der Waals surface area (Å²) in [5.41, 5.74) is 6.55. The van der Waals surface area contributed by atoms with Crippen molar-refractivity contribution in [3.8, 4) is 0 Å². The SMILES string of the molecule is Nc1cccc(NS(=O)(=O)c2ccc(Br)s2)c1. The summed E-state index contributed by atoms with van der Waals surface area (Å²) in [5.74, 6) is 0. The molecule has 7 heteroatoms. The third-order valence-electron chi connectivity index (χ3n) is 1.95. The molecule has 0 aliphatic rings. The molecule has 17 heavy (non-hydrogen) atoms. The van der Waals surface area contributed by atoms with Crippen LogP contribution in [-0.2, 0) is 10.0 Å². The van der Waals surface area contributed by atoms with Crippen LogP contribution in [-0.4, -0.2) is 8.42 Å². The van der Waals surface area contributed by atoms with Crippen molar-refractivity contribution in [1.82, 2.24) is 0 Å². The Hall–Kier alpha value is -1.05. The number of nitrogens with two attached hydrogens (primary N) is 1. The van der Waals surface area contributed by atoms with Gasteiger partial charge in [0.05, 0.1) is 9.47 Å². The van der Waals surface area contributed by atoms with Crippen LogP contribution in [0.3, 0.4) is 0 Å². The molecule has 4 nitrogen and oxygen atoms in total. The quantitative estimate of drug-likeness (QED) is 0.849. The van der Waals surface area contributed by atoms with Gasteiger partial charge in [0, 0.05) is 5.69 Å². The number of thiophene rings is 1. The zero-order valence-electron chi connectivity index (χ0n) is 8.55. The molecule has 1 heterocycles. The predicted molar refractivity (Wildman–Crippen MR) is 73.7 cm³/mol. The van der Waals surface area contributed by atoms with Gasteiger partial charge in [0.25, 0.3) is 10.0 Å². The summed E-state index contributed by atoms with van der Waals surface area (Å²) < 4.78 is 27.4. The maximum Gasteiger partial charge on any atom is 0.271 e. The lowest BCUT2D eigenvalue weighted by Crippen LogP contribution is -2.11. The van der Waals surface area contributed by atoms with Crippen LogP contribution in [0.15, 0.2) is 44.4 Å². The second-order valence-electron chi connectivity index (χ2n) is 3.29. The van der Waals surface area contributed by atoms with Crippen LogP contribution < -0.4 is 10.5 Å². The highest BCUT2D eigenvalue weighted by molar-refractivity contribution is 9.11. The van der Waals surface area contributed by atoms with Crippen molar-refractivity contribution in [3.05, 3.63) is 40.2 Å². The van der Waals surface area contributed by atoms with E-state index in [0.29, 0.717) is 11.4 Å². The summed E-state index contributed by atoms with van der Waals surface area (Å²) in [7, 11) is -3.53. The zero-order valence-corrected chi connectivity index (χ0v) is 11.8. The summed E-state index contributed by atoms with van der Waals surface area (Å²) in [5, 5.41) is 0. The second kappa shape index (κ2) is 4.67. The maximum absolute atomic E-state index is 12.0. The van der Waals surface area contributed by atoms with E-state index in [1.165, 1.54) is 0 Å². The summed E-state index contributed by atoms with van der Waals surface area (Å²) in [6.07, 6.45) is 0. The summed E-state index contributed by atoms with van der Waals surface area (Å²) >= 11 is 4.38. The summed E-state index contributed by atoms with van der Waals surface area (Å²) in [4.78, 5) is 0. The van der Waals surface area contributed by atoms with Crippen LogP contribution in [0.25, 0.3) is 0 Å². The fourth-order valence-electron chi connectivity index (χ4n) is 1.25. The van der Waals surface area contributed by atoms with Crippen LogP contribution in [0.5, 0.6) is 0 Å². The largest absolute Gasteiger partial charge is 0.399 e. The molecule has 1 aromatic carbocycles. The van der Waals surface area contributed by atoms with Crippen molar-refractivity contribution in [2.45, 2.75) is 4.21 Å². The normalized spacial score (nSPS) is 11.4. The number of benzene rings is 1. The van der Waals surface area contributed by atoms with Crippen molar-refractivity contribution in [2.75, 3.05) is 10.5 Å². The summed E-state index contributed by atoms with van der Waals surface area (Å²) in [6, 6.07) is 9.84. The van der Waals surface area contributed by atoms with E-state index in [0.717, 1.165) is 15.1 Å². The van der Waals surface area contributed by atoms with Gasteiger partial charge in [-0.25, -0.2) is 8.42 Å². The number of rotatable bonds is 3. The van der Waals surface area contributed by atoms with E-state index in [1.54, 1.807) is 36.4 Å². The number of sulfonamides is 1. The van der Waals surface area contributed by atoms with Crippen molar-refractivity contribution >= 4 is 48.7 Å². The molecular formula is C10H9BrN2O2S2. The van der Waals surface area contributed by atoms with E-state index < -0.39 is 10.0 Å². The van der Waals surface area contributed by atoms with E-state index >= 15 is 0 Å². The van der Waals surface area contributed by atoms with Crippen molar-refractivity contribution < 1.29 is 8.42 Å². The first-order chi connectivity index (χ1) is 7.97. The molecule has 2 aromatic rings. The molecule has 0 radical (unpaired) electrons. The highest BCUT2D eigenvalue weighted by Crippen LogP contribution is 2.27. The van der Waals surface area contributed by atoms with Crippen LogP contribution in [0.2, 0.25) is 0 Å². The maximum atomic E-state index is 12.0. The second-order valence-corrected chi connectivity index (χ2v) is 7.66. The van der Waals surface area contributed by atoms with Gasteiger partial charge in [-0.2, -0.15) is 0 Å². The average molecular weight is 333 g/mol. The first-order valence-corrected chi connectivity index (χ1v) is 7.70. The van der Waals surface area contributed by atoms with Gasteiger partial charge in [0.1, 0.15) is 4.21 Å². The third kappa shape index (κ3) is 2.99. The molecule has 3 N–H and O–H groups in total. The van der Waals surface area contributed by atoms with E-state index in [4.69, 9.17) is 5.73 Å². The van der Waals surface area contributed by atoms with Gasteiger partial charge < -0.3 is 5.73 Å². The Morgan fingerprint density at radius 2 is 2.00 bits per heavy atom. The van der Waals surface area contributed by atoms with Gasteiger partial charge >= 0.3 is 0 Å². The molecule has 1 aromatic heterocycles. The van der Waals surface area contributed by atoms with Gasteiger partial charge in [-0.05, 0) is 46.3 Å². The van der Waals surface area contributed by atoms with Gasteiger partial charge in [-0.1, -0.05) is 6.07 Å². The smallest absolute Gasteiger partial charge is 0.271 e. The Bertz CT molecular complexity index is 637. The molecule has 90 valence electrons. The van der Waals surface area contributed by atoms with E-state index in [-0.39, 0.29) is 4.21 Å². The Balaban J connectivity index is 2.29. The first-order valence-electron chi connectivity index (χ1n) is 4.61. The third-order valence-corrected chi connectivity index (χ3v) is 5.45. The molecule has 0 amide bonds. The van der Waals surface area contributed by atoms with Gasteiger partial charge in [-0.15, -0.1) is 11.3 Å². The minimum absolute atomic E-state index is 0.256. The standard InChI is InChI=1S/C10H9BrN2O2S2/c11-9-4-5-10(16-9)17(14,15)13-8-3-1-2-7(12)6-8/h1-6,13H,12H2. The van der Waals surface area contributed by atoms with Crippen molar-refractivity contribution in [1.29, 1.82) is 0 Å². The molecular weight excluding hydrogens is 324 g/mol. The number of nitrogen functional groups attached to an aromatic ring is 1. The molecule has 0 aliphatic heterocycles. The Morgan fingerprint density at radius 1 is 1.24 bits per heavy atom. The zero-order chi connectivity index (χ0) is 12.5. The Labute approximate surface area is 112 Å². The number of anilines is 2. The average Bonchev–Trinajstić information content (AvgIpc) is 2.65. The minimum atomic E-state index is -3.53. The summed E-state index contributed by atoms with van der Waals surface area (Å²) in [6.45, 7) is 0.